The summed E-state index contributed by atoms with van der Waals surface area (Å²) < 4.78 is 9.88. The summed E-state index contributed by atoms with van der Waals surface area (Å²) in [5, 5.41) is 0. The Morgan fingerprint density at radius 2 is 1.20 bits per heavy atom. The molecule has 4 aliphatic rings. The third-order valence-corrected chi connectivity index (χ3v) is 5.56. The van der Waals surface area contributed by atoms with E-state index in [0.29, 0.717) is 11.8 Å². The first-order valence-corrected chi connectivity index (χ1v) is 7.04. The molecule has 6 atom stereocenters. The minimum absolute atomic E-state index is 0.0604. The fourth-order valence-corrected chi connectivity index (χ4v) is 4.57. The van der Waals surface area contributed by atoms with Crippen molar-refractivity contribution >= 4 is 11.9 Å². The van der Waals surface area contributed by atoms with Crippen LogP contribution in [0, 0.1) is 35.5 Å². The van der Waals surface area contributed by atoms with Gasteiger partial charge in [0.2, 0.25) is 0 Å². The number of fused-ring (bicyclic) bond motifs is 1. The van der Waals surface area contributed by atoms with Gasteiger partial charge in [0.05, 0.1) is 26.1 Å². The van der Waals surface area contributed by atoms with E-state index >= 15 is 0 Å². The Morgan fingerprint density at radius 3 is 1.50 bits per heavy atom. The number of ether oxygens (including phenoxy) is 2. The second kappa shape index (κ2) is 4.47. The van der Waals surface area contributed by atoms with Crippen LogP contribution in [-0.4, -0.2) is 26.2 Å². The number of allylic oxidation sites excluding steroid dienone is 4. The van der Waals surface area contributed by atoms with Crippen molar-refractivity contribution in [1.29, 1.82) is 0 Å². The summed E-state index contributed by atoms with van der Waals surface area (Å²) in [6.07, 6.45) is 4.20. The number of methoxy groups -OCH3 is 2. The predicted octanol–water partition coefficient (Wildman–Crippen LogP) is 1.96. The van der Waals surface area contributed by atoms with Crippen molar-refractivity contribution < 1.29 is 19.1 Å². The molecule has 4 rings (SSSR count). The summed E-state index contributed by atoms with van der Waals surface area (Å²) in [6.45, 7) is 4.26. The van der Waals surface area contributed by atoms with E-state index in [1.165, 1.54) is 25.4 Å². The number of carbonyl (C=O) groups excluding carboxylic acids is 2. The molecule has 0 aromatic carbocycles. The van der Waals surface area contributed by atoms with Gasteiger partial charge in [-0.25, -0.2) is 0 Å². The van der Waals surface area contributed by atoms with Gasteiger partial charge < -0.3 is 9.47 Å². The van der Waals surface area contributed by atoms with Crippen LogP contribution in [0.3, 0.4) is 0 Å². The molecule has 0 amide bonds. The summed E-state index contributed by atoms with van der Waals surface area (Å²) in [6, 6.07) is 0. The monoisotopic (exact) mass is 276 g/mol. The second-order valence-electron chi connectivity index (χ2n) is 6.06. The topological polar surface area (TPSA) is 52.6 Å². The standard InChI is InChI=1S/C16H20O4/c1-7-8(2)12-10-6-5-9(11(7)12)13(15(17)19-3)14(10)16(18)20-4/h5-6,9-14H,1-4H3/t9-,10-,11-,12-,13-,14+/m0/s1. The molecular formula is C16H20O4. The molecule has 4 heteroatoms. The maximum atomic E-state index is 12.2. The lowest BCUT2D eigenvalue weighted by molar-refractivity contribution is -0.168. The number of hydrogen-bond donors (Lipinski definition) is 0. The fraction of sp³-hybridized carbons (Fsp3) is 0.625. The smallest absolute Gasteiger partial charge is 0.310 e. The quantitative estimate of drug-likeness (QED) is 0.571. The minimum Gasteiger partial charge on any atom is -0.469 e. The second-order valence-corrected chi connectivity index (χ2v) is 6.06. The van der Waals surface area contributed by atoms with Crippen LogP contribution in [0.1, 0.15) is 13.8 Å². The summed E-state index contributed by atoms with van der Waals surface area (Å²) >= 11 is 0. The summed E-state index contributed by atoms with van der Waals surface area (Å²) in [4.78, 5) is 24.3. The molecule has 2 bridgehead atoms. The number of carbonyl (C=O) groups is 2. The van der Waals surface area contributed by atoms with Gasteiger partial charge in [-0.05, 0) is 37.5 Å². The van der Waals surface area contributed by atoms with Crippen molar-refractivity contribution in [3.63, 3.8) is 0 Å². The normalized spacial score (nSPS) is 41.0. The fourth-order valence-electron chi connectivity index (χ4n) is 4.57. The summed E-state index contributed by atoms with van der Waals surface area (Å²) in [5.41, 5.74) is 2.73. The van der Waals surface area contributed by atoms with Crippen LogP contribution in [0.5, 0.6) is 0 Å². The van der Waals surface area contributed by atoms with E-state index in [0.717, 1.165) is 0 Å². The highest BCUT2D eigenvalue weighted by molar-refractivity contribution is 5.84. The zero-order chi connectivity index (χ0) is 14.6. The van der Waals surface area contributed by atoms with Crippen molar-refractivity contribution in [2.24, 2.45) is 35.5 Å². The van der Waals surface area contributed by atoms with Crippen LogP contribution < -0.4 is 0 Å². The van der Waals surface area contributed by atoms with E-state index in [1.807, 2.05) is 0 Å². The molecule has 0 radical (unpaired) electrons. The maximum Gasteiger partial charge on any atom is 0.310 e. The molecule has 0 aromatic rings. The molecule has 0 spiro atoms. The molecule has 0 N–H and O–H groups in total. The molecule has 1 saturated carbocycles. The van der Waals surface area contributed by atoms with E-state index in [4.69, 9.17) is 9.47 Å². The molecular weight excluding hydrogens is 256 g/mol. The number of hydrogen-bond acceptors (Lipinski definition) is 4. The minimum atomic E-state index is -0.410. The first-order valence-electron chi connectivity index (χ1n) is 7.04. The van der Waals surface area contributed by atoms with Gasteiger partial charge in [-0.15, -0.1) is 0 Å². The average molecular weight is 276 g/mol. The Labute approximate surface area is 118 Å². The summed E-state index contributed by atoms with van der Waals surface area (Å²) in [7, 11) is 2.77. The Balaban J connectivity index is 2.04. The lowest BCUT2D eigenvalue weighted by Crippen LogP contribution is -2.57. The largest absolute Gasteiger partial charge is 0.469 e. The SMILES string of the molecule is COC(=O)[C@@H]1[C@H]2C=C[C@H]([C@@H]1C(=O)OC)[C@@H]1C(C)=C(C)[C@@H]21. The first-order chi connectivity index (χ1) is 9.52. The molecule has 0 heterocycles. The van der Waals surface area contributed by atoms with Gasteiger partial charge in [0.1, 0.15) is 0 Å². The van der Waals surface area contributed by atoms with Gasteiger partial charge in [-0.1, -0.05) is 23.3 Å². The Morgan fingerprint density at radius 1 is 0.850 bits per heavy atom. The van der Waals surface area contributed by atoms with Crippen molar-refractivity contribution in [3.8, 4) is 0 Å². The Kier molecular flexibility index (Phi) is 3.00. The lowest BCUT2D eigenvalue weighted by Gasteiger charge is -2.57. The van der Waals surface area contributed by atoms with E-state index < -0.39 is 11.8 Å². The highest BCUT2D eigenvalue weighted by Crippen LogP contribution is 2.61. The Bertz CT molecular complexity index is 485. The van der Waals surface area contributed by atoms with Crippen molar-refractivity contribution in [1.82, 2.24) is 0 Å². The third-order valence-electron chi connectivity index (χ3n) is 5.56. The zero-order valence-electron chi connectivity index (χ0n) is 12.3. The molecule has 108 valence electrons. The van der Waals surface area contributed by atoms with Crippen LogP contribution >= 0.6 is 0 Å². The van der Waals surface area contributed by atoms with Gasteiger partial charge in [0, 0.05) is 0 Å². The average Bonchev–Trinajstić information content (AvgIpc) is 2.50. The van der Waals surface area contributed by atoms with E-state index in [1.54, 1.807) is 0 Å². The molecule has 0 saturated heterocycles. The van der Waals surface area contributed by atoms with E-state index in [9.17, 15) is 9.59 Å². The molecule has 0 aliphatic heterocycles. The van der Waals surface area contributed by atoms with Crippen molar-refractivity contribution in [2.45, 2.75) is 13.8 Å². The van der Waals surface area contributed by atoms with Crippen LogP contribution in [0.25, 0.3) is 0 Å². The van der Waals surface area contributed by atoms with Gasteiger partial charge in [0.25, 0.3) is 0 Å². The lowest BCUT2D eigenvalue weighted by atomic mass is 9.45. The van der Waals surface area contributed by atoms with Crippen LogP contribution in [0.2, 0.25) is 0 Å². The highest BCUT2D eigenvalue weighted by Gasteiger charge is 2.61. The third kappa shape index (κ3) is 1.48. The van der Waals surface area contributed by atoms with Gasteiger partial charge in [-0.3, -0.25) is 9.59 Å². The molecule has 0 aromatic heterocycles. The van der Waals surface area contributed by atoms with E-state index in [2.05, 4.69) is 26.0 Å². The number of rotatable bonds is 2. The van der Waals surface area contributed by atoms with Crippen molar-refractivity contribution in [3.05, 3.63) is 23.3 Å². The molecule has 0 unspecified atom stereocenters. The molecule has 4 aliphatic carbocycles. The highest BCUT2D eigenvalue weighted by atomic mass is 16.5. The summed E-state index contributed by atoms with van der Waals surface area (Å²) in [5.74, 6) is -0.523. The van der Waals surface area contributed by atoms with Gasteiger partial charge >= 0.3 is 11.9 Å². The van der Waals surface area contributed by atoms with Gasteiger partial charge in [-0.2, -0.15) is 0 Å². The van der Waals surface area contributed by atoms with Crippen LogP contribution in [0.4, 0.5) is 0 Å². The maximum absolute atomic E-state index is 12.2. The Hall–Kier alpha value is -1.58. The zero-order valence-corrected chi connectivity index (χ0v) is 12.3. The van der Waals surface area contributed by atoms with E-state index in [-0.39, 0.29) is 23.8 Å². The number of esters is 2. The van der Waals surface area contributed by atoms with Crippen molar-refractivity contribution in [2.75, 3.05) is 14.2 Å². The van der Waals surface area contributed by atoms with Crippen LogP contribution in [0.15, 0.2) is 23.3 Å². The first kappa shape index (κ1) is 13.4. The molecule has 1 fully saturated rings. The van der Waals surface area contributed by atoms with Gasteiger partial charge in [0.15, 0.2) is 0 Å². The predicted molar refractivity (Wildman–Crippen MR) is 72.5 cm³/mol. The molecule has 4 nitrogen and oxygen atoms in total. The van der Waals surface area contributed by atoms with Crippen LogP contribution in [-0.2, 0) is 19.1 Å². The molecule has 20 heavy (non-hydrogen) atoms.